The van der Waals surface area contributed by atoms with Crippen LogP contribution < -0.4 is 19.9 Å². The summed E-state index contributed by atoms with van der Waals surface area (Å²) in [5.74, 6) is 1.46. The molecule has 1 atom stereocenters. The van der Waals surface area contributed by atoms with Crippen LogP contribution in [0.25, 0.3) is 6.08 Å². The quantitative estimate of drug-likeness (QED) is 0.438. The number of hydrogen-bond acceptors (Lipinski definition) is 5. The van der Waals surface area contributed by atoms with Gasteiger partial charge in [0, 0.05) is 23.0 Å². The summed E-state index contributed by atoms with van der Waals surface area (Å²) in [6.45, 7) is 0. The molecule has 2 aliphatic heterocycles. The zero-order valence-corrected chi connectivity index (χ0v) is 19.7. The molecule has 2 spiro atoms. The molecule has 5 nitrogen and oxygen atoms in total. The van der Waals surface area contributed by atoms with Crippen molar-refractivity contribution >= 4 is 23.1 Å². The van der Waals surface area contributed by atoms with Gasteiger partial charge in [-0.2, -0.15) is 0 Å². The van der Waals surface area contributed by atoms with Gasteiger partial charge in [-0.05, 0) is 54.8 Å². The molecule has 0 bridgehead atoms. The Balaban J connectivity index is 1.60. The lowest BCUT2D eigenvalue weighted by Gasteiger charge is -2.51. The molecule has 0 radical (unpaired) electrons. The van der Waals surface area contributed by atoms with Gasteiger partial charge in [0.2, 0.25) is 5.72 Å². The van der Waals surface area contributed by atoms with Gasteiger partial charge in [-0.1, -0.05) is 55.7 Å². The van der Waals surface area contributed by atoms with Crippen molar-refractivity contribution in [3.05, 3.63) is 83.9 Å². The first kappa shape index (κ1) is 21.1. The molecule has 2 heterocycles. The van der Waals surface area contributed by atoms with E-state index in [9.17, 15) is 0 Å². The molecule has 6 rings (SSSR count). The number of nitrogens with zero attached hydrogens (tertiary/aromatic N) is 1. The predicted octanol–water partition coefficient (Wildman–Crippen LogP) is 6.82. The fourth-order valence-electron chi connectivity index (χ4n) is 6.30. The zero-order valence-electron chi connectivity index (χ0n) is 19.7. The summed E-state index contributed by atoms with van der Waals surface area (Å²) in [7, 11) is 3.29. The molecule has 174 valence electrons. The van der Waals surface area contributed by atoms with E-state index in [1.807, 2.05) is 12.1 Å². The number of para-hydroxylation sites is 2. The van der Waals surface area contributed by atoms with Gasteiger partial charge in [-0.25, -0.2) is 0 Å². The molecular weight excluding hydrogens is 424 g/mol. The number of fused-ring (bicyclic) bond motifs is 4. The Kier molecular flexibility index (Phi) is 5.03. The Morgan fingerprint density at radius 3 is 2.44 bits per heavy atom. The minimum Gasteiger partial charge on any atom is -0.493 e. The molecule has 1 aliphatic carbocycles. The fraction of sp³-hybridized carbons (Fsp3) is 0.310. The standard InChI is InChI=1S/C29H30N2O3/c1-32-26-20-22(30-33-2)19-21-15-18-29(34-27(21)26)28(16-9-4-10-17-28)24-13-7-8-14-25(24)31(29)23-11-5-3-6-12-23/h3,5-8,11-15,18-20,30H,4,9-10,16-17H2,1-2H3. The van der Waals surface area contributed by atoms with Crippen LogP contribution in [0.5, 0.6) is 11.5 Å². The van der Waals surface area contributed by atoms with E-state index in [1.165, 1.54) is 30.5 Å². The summed E-state index contributed by atoms with van der Waals surface area (Å²) >= 11 is 0. The lowest BCUT2D eigenvalue weighted by atomic mass is 9.64. The van der Waals surface area contributed by atoms with Crippen LogP contribution in [0, 0.1) is 0 Å². The summed E-state index contributed by atoms with van der Waals surface area (Å²) in [4.78, 5) is 7.55. The van der Waals surface area contributed by atoms with E-state index < -0.39 is 5.72 Å². The topological polar surface area (TPSA) is 43.0 Å². The number of rotatable bonds is 4. The molecule has 3 aromatic carbocycles. The van der Waals surface area contributed by atoms with Crippen molar-refractivity contribution in [3.8, 4) is 11.5 Å². The zero-order chi connectivity index (χ0) is 23.2. The van der Waals surface area contributed by atoms with Crippen LogP contribution in [0.3, 0.4) is 0 Å². The Labute approximate surface area is 200 Å². The van der Waals surface area contributed by atoms with Gasteiger partial charge in [0.15, 0.2) is 11.5 Å². The minimum atomic E-state index is -0.686. The number of benzene rings is 3. The second-order valence-electron chi connectivity index (χ2n) is 9.37. The fourth-order valence-corrected chi connectivity index (χ4v) is 6.30. The summed E-state index contributed by atoms with van der Waals surface area (Å²) < 4.78 is 13.0. The van der Waals surface area contributed by atoms with E-state index in [2.05, 4.69) is 77.1 Å². The van der Waals surface area contributed by atoms with Crippen molar-refractivity contribution in [2.75, 3.05) is 24.6 Å². The maximum atomic E-state index is 7.22. The molecule has 1 N–H and O–H groups in total. The van der Waals surface area contributed by atoms with Crippen LogP contribution in [-0.2, 0) is 10.3 Å². The maximum absolute atomic E-state index is 7.22. The predicted molar refractivity (Wildman–Crippen MR) is 136 cm³/mol. The summed E-state index contributed by atoms with van der Waals surface area (Å²) in [5.41, 5.74) is 7.60. The van der Waals surface area contributed by atoms with E-state index in [-0.39, 0.29) is 5.41 Å². The van der Waals surface area contributed by atoms with Gasteiger partial charge in [-0.3, -0.25) is 15.2 Å². The van der Waals surface area contributed by atoms with Crippen molar-refractivity contribution in [1.29, 1.82) is 0 Å². The third kappa shape index (κ3) is 2.90. The number of anilines is 3. The minimum absolute atomic E-state index is 0.152. The second-order valence-corrected chi connectivity index (χ2v) is 9.37. The smallest absolute Gasteiger partial charge is 0.216 e. The van der Waals surface area contributed by atoms with Crippen molar-refractivity contribution in [3.63, 3.8) is 0 Å². The Morgan fingerprint density at radius 1 is 0.912 bits per heavy atom. The van der Waals surface area contributed by atoms with Gasteiger partial charge >= 0.3 is 0 Å². The highest BCUT2D eigenvalue weighted by Gasteiger charge is 2.64. The molecule has 0 amide bonds. The Bertz CT molecular complexity index is 1230. The van der Waals surface area contributed by atoms with E-state index in [0.29, 0.717) is 5.75 Å². The van der Waals surface area contributed by atoms with Gasteiger partial charge in [0.25, 0.3) is 0 Å². The highest BCUT2D eigenvalue weighted by molar-refractivity contribution is 5.81. The highest BCUT2D eigenvalue weighted by Crippen LogP contribution is 2.63. The lowest BCUT2D eigenvalue weighted by Crippen LogP contribution is -2.60. The van der Waals surface area contributed by atoms with E-state index >= 15 is 0 Å². The maximum Gasteiger partial charge on any atom is 0.216 e. The van der Waals surface area contributed by atoms with Crippen LogP contribution in [-0.4, -0.2) is 19.9 Å². The molecule has 1 fully saturated rings. The average molecular weight is 455 g/mol. The van der Waals surface area contributed by atoms with Gasteiger partial charge in [-0.15, -0.1) is 0 Å². The third-order valence-electron chi connectivity index (χ3n) is 7.67. The number of hydrogen-bond donors (Lipinski definition) is 1. The largest absolute Gasteiger partial charge is 0.493 e. The molecule has 1 unspecified atom stereocenters. The highest BCUT2D eigenvalue weighted by atomic mass is 16.6. The molecule has 34 heavy (non-hydrogen) atoms. The van der Waals surface area contributed by atoms with Crippen LogP contribution in [0.1, 0.15) is 43.2 Å². The molecule has 0 saturated heterocycles. The van der Waals surface area contributed by atoms with Gasteiger partial charge in [0.05, 0.1) is 25.3 Å². The molecule has 1 saturated carbocycles. The molecule has 3 aromatic rings. The number of nitrogens with one attached hydrogen (secondary N) is 1. The van der Waals surface area contributed by atoms with Crippen molar-refractivity contribution in [1.82, 2.24) is 0 Å². The van der Waals surface area contributed by atoms with Crippen molar-refractivity contribution < 1.29 is 14.3 Å². The van der Waals surface area contributed by atoms with Crippen LogP contribution in [0.4, 0.5) is 17.1 Å². The summed E-state index contributed by atoms with van der Waals surface area (Å²) in [6, 6.07) is 23.4. The number of ether oxygens (including phenoxy) is 2. The SMILES string of the molecule is CONc1cc2c(c(OC)c1)OC1(C=C2)N(c2ccccc2)c2ccccc2C12CCCCC2. The van der Waals surface area contributed by atoms with Crippen LogP contribution >= 0.6 is 0 Å². The normalized spacial score (nSPS) is 21.8. The Hall–Kier alpha value is -3.44. The van der Waals surface area contributed by atoms with Crippen LogP contribution in [0.15, 0.2) is 72.8 Å². The summed E-state index contributed by atoms with van der Waals surface area (Å²) in [6.07, 6.45) is 10.3. The second kappa shape index (κ2) is 8.10. The van der Waals surface area contributed by atoms with Crippen LogP contribution in [0.2, 0.25) is 0 Å². The molecule has 3 aliphatic rings. The first-order valence-electron chi connectivity index (χ1n) is 12.1. The lowest BCUT2D eigenvalue weighted by molar-refractivity contribution is 0.0205. The first-order chi connectivity index (χ1) is 16.7. The third-order valence-corrected chi connectivity index (χ3v) is 7.67. The van der Waals surface area contributed by atoms with Gasteiger partial charge < -0.3 is 9.47 Å². The van der Waals surface area contributed by atoms with Crippen molar-refractivity contribution in [2.24, 2.45) is 0 Å². The summed E-state index contributed by atoms with van der Waals surface area (Å²) in [5, 5.41) is 0. The molecule has 5 heteroatoms. The monoisotopic (exact) mass is 454 g/mol. The van der Waals surface area contributed by atoms with Gasteiger partial charge in [0.1, 0.15) is 0 Å². The van der Waals surface area contributed by atoms with Crippen molar-refractivity contribution in [2.45, 2.75) is 43.2 Å². The molecular formula is C29H30N2O3. The average Bonchev–Trinajstić information content (AvgIpc) is 3.10. The molecule has 0 aromatic heterocycles. The number of methoxy groups -OCH3 is 1. The van der Waals surface area contributed by atoms with E-state index in [4.69, 9.17) is 14.3 Å². The first-order valence-corrected chi connectivity index (χ1v) is 12.1. The van der Waals surface area contributed by atoms with E-state index in [1.54, 1.807) is 14.2 Å². The Morgan fingerprint density at radius 2 is 1.68 bits per heavy atom. The van der Waals surface area contributed by atoms with E-state index in [0.717, 1.165) is 35.5 Å².